The summed E-state index contributed by atoms with van der Waals surface area (Å²) in [6.07, 6.45) is 0.681. The summed E-state index contributed by atoms with van der Waals surface area (Å²) >= 11 is 0. The molecule has 1 aliphatic rings. The van der Waals surface area contributed by atoms with Crippen molar-refractivity contribution in [1.82, 2.24) is 0 Å². The molecule has 0 aliphatic carbocycles. The molecule has 0 fully saturated rings. The average molecular weight is 354 g/mol. The minimum Gasteiger partial charge on any atom is -0.468 e. The molecule has 0 spiro atoms. The van der Waals surface area contributed by atoms with Crippen LogP contribution < -0.4 is 0 Å². The van der Waals surface area contributed by atoms with Crippen molar-refractivity contribution in [2.24, 2.45) is 10.9 Å². The van der Waals surface area contributed by atoms with Gasteiger partial charge in [-0.25, -0.2) is 4.79 Å². The van der Waals surface area contributed by atoms with Crippen LogP contribution in [0.4, 0.5) is 0 Å². The molecule has 2 rings (SSSR count). The van der Waals surface area contributed by atoms with E-state index in [1.54, 1.807) is 38.1 Å². The molecule has 0 amide bonds. The van der Waals surface area contributed by atoms with Crippen LogP contribution in [0.2, 0.25) is 0 Å². The number of hydrogen-bond acceptors (Lipinski definition) is 6. The summed E-state index contributed by atoms with van der Waals surface area (Å²) in [7, 11) is 1.29. The van der Waals surface area contributed by atoms with Crippen LogP contribution in [-0.2, 0) is 19.1 Å². The van der Waals surface area contributed by atoms with E-state index in [9.17, 15) is 14.9 Å². The lowest BCUT2D eigenvalue weighted by Crippen LogP contribution is -2.36. The van der Waals surface area contributed by atoms with Crippen molar-refractivity contribution in [3.8, 4) is 6.07 Å². The molecule has 1 aromatic carbocycles. The van der Waals surface area contributed by atoms with Crippen LogP contribution in [-0.4, -0.2) is 31.4 Å². The molecule has 136 valence electrons. The number of ether oxygens (including phenoxy) is 2. The molecule has 1 aliphatic heterocycles. The third-order valence-corrected chi connectivity index (χ3v) is 4.36. The van der Waals surface area contributed by atoms with E-state index in [-0.39, 0.29) is 6.61 Å². The van der Waals surface area contributed by atoms with Crippen molar-refractivity contribution in [1.29, 1.82) is 5.26 Å². The van der Waals surface area contributed by atoms with E-state index in [2.05, 4.69) is 11.1 Å². The number of esters is 2. The molecule has 2 unspecified atom stereocenters. The summed E-state index contributed by atoms with van der Waals surface area (Å²) in [5.74, 6) is -2.49. The number of hydrogen-bond donors (Lipinski definition) is 0. The fourth-order valence-electron chi connectivity index (χ4n) is 3.21. The maximum Gasteiger partial charge on any atom is 0.336 e. The quantitative estimate of drug-likeness (QED) is 0.758. The second-order valence-electron chi connectivity index (χ2n) is 6.07. The normalized spacial score (nSPS) is 19.4. The number of carbonyl (C=O) groups is 2. The first-order chi connectivity index (χ1) is 12.5. The van der Waals surface area contributed by atoms with E-state index >= 15 is 0 Å². The molecule has 0 aromatic heterocycles. The topological polar surface area (TPSA) is 88.8 Å². The Morgan fingerprint density at radius 1 is 1.27 bits per heavy atom. The van der Waals surface area contributed by atoms with Crippen molar-refractivity contribution in [3.05, 3.63) is 46.7 Å². The minimum atomic E-state index is -0.789. The van der Waals surface area contributed by atoms with Crippen LogP contribution in [0.25, 0.3) is 0 Å². The Balaban J connectivity index is 2.68. The van der Waals surface area contributed by atoms with Gasteiger partial charge in [-0.05, 0) is 31.9 Å². The SMILES string of the molecule is CCCOC(=O)C1=C(C)N=C(C)C(C(=O)OC)C1c1ccccc1C#N. The van der Waals surface area contributed by atoms with E-state index in [1.165, 1.54) is 7.11 Å². The third-order valence-electron chi connectivity index (χ3n) is 4.36. The molecule has 1 aromatic rings. The van der Waals surface area contributed by atoms with Gasteiger partial charge in [0.05, 0.1) is 30.9 Å². The minimum absolute atomic E-state index is 0.272. The predicted molar refractivity (Wildman–Crippen MR) is 96.5 cm³/mol. The van der Waals surface area contributed by atoms with Crippen LogP contribution in [0.3, 0.4) is 0 Å². The molecular formula is C20H22N2O4. The van der Waals surface area contributed by atoms with Gasteiger partial charge in [-0.3, -0.25) is 9.79 Å². The molecule has 6 nitrogen and oxygen atoms in total. The van der Waals surface area contributed by atoms with Crippen LogP contribution in [0.15, 0.2) is 40.5 Å². The molecule has 0 saturated carbocycles. The average Bonchev–Trinajstić information content (AvgIpc) is 2.64. The van der Waals surface area contributed by atoms with Gasteiger partial charge in [0.25, 0.3) is 0 Å². The number of nitrogens with zero attached hydrogens (tertiary/aromatic N) is 2. The van der Waals surface area contributed by atoms with Gasteiger partial charge in [0.1, 0.15) is 5.92 Å². The Bertz CT molecular complexity index is 817. The monoisotopic (exact) mass is 354 g/mol. The van der Waals surface area contributed by atoms with E-state index in [0.717, 1.165) is 0 Å². The maximum absolute atomic E-state index is 12.7. The third kappa shape index (κ3) is 3.67. The molecular weight excluding hydrogens is 332 g/mol. The standard InChI is InChI=1S/C20H22N2O4/c1-5-10-26-20(24)17-13(3)22-12(2)16(19(23)25-4)18(17)15-9-7-6-8-14(15)11-21/h6-9,16,18H,5,10H2,1-4H3. The number of methoxy groups -OCH3 is 1. The van der Waals surface area contributed by atoms with Gasteiger partial charge in [0, 0.05) is 17.3 Å². The van der Waals surface area contributed by atoms with Gasteiger partial charge < -0.3 is 9.47 Å². The largest absolute Gasteiger partial charge is 0.468 e. The van der Waals surface area contributed by atoms with Gasteiger partial charge in [-0.15, -0.1) is 0 Å². The second kappa shape index (κ2) is 8.43. The van der Waals surface area contributed by atoms with E-state index in [0.29, 0.717) is 34.5 Å². The summed E-state index contributed by atoms with van der Waals surface area (Å²) in [5.41, 5.74) is 2.31. The lowest BCUT2D eigenvalue weighted by atomic mass is 9.74. The van der Waals surface area contributed by atoms with Gasteiger partial charge >= 0.3 is 11.9 Å². The van der Waals surface area contributed by atoms with Crippen molar-refractivity contribution >= 4 is 17.7 Å². The highest BCUT2D eigenvalue weighted by Crippen LogP contribution is 2.41. The Kier molecular flexibility index (Phi) is 6.29. The summed E-state index contributed by atoms with van der Waals surface area (Å²) in [6, 6.07) is 9.06. The predicted octanol–water partition coefficient (Wildman–Crippen LogP) is 3.13. The first-order valence-electron chi connectivity index (χ1n) is 8.46. The number of benzene rings is 1. The first kappa shape index (κ1) is 19.4. The number of allylic oxidation sites excluding steroid dienone is 1. The van der Waals surface area contributed by atoms with Crippen LogP contribution in [0.5, 0.6) is 0 Å². The highest BCUT2D eigenvalue weighted by molar-refractivity contribution is 6.07. The van der Waals surface area contributed by atoms with Crippen molar-refractivity contribution in [3.63, 3.8) is 0 Å². The smallest absolute Gasteiger partial charge is 0.336 e. The Hall–Kier alpha value is -2.94. The van der Waals surface area contributed by atoms with Crippen molar-refractivity contribution in [2.75, 3.05) is 13.7 Å². The molecule has 0 radical (unpaired) electrons. The molecule has 26 heavy (non-hydrogen) atoms. The maximum atomic E-state index is 12.7. The fraction of sp³-hybridized carbons (Fsp3) is 0.400. The van der Waals surface area contributed by atoms with Gasteiger partial charge in [0.2, 0.25) is 0 Å². The molecule has 2 atom stereocenters. The zero-order valence-electron chi connectivity index (χ0n) is 15.4. The fourth-order valence-corrected chi connectivity index (χ4v) is 3.21. The molecule has 0 bridgehead atoms. The van der Waals surface area contributed by atoms with Gasteiger partial charge in [-0.2, -0.15) is 5.26 Å². The van der Waals surface area contributed by atoms with Crippen LogP contribution >= 0.6 is 0 Å². The lowest BCUT2D eigenvalue weighted by Gasteiger charge is -2.31. The highest BCUT2D eigenvalue weighted by Gasteiger charge is 2.43. The molecule has 0 N–H and O–H groups in total. The summed E-state index contributed by atoms with van der Waals surface area (Å²) in [4.78, 5) is 29.6. The van der Waals surface area contributed by atoms with Gasteiger partial charge in [-0.1, -0.05) is 25.1 Å². The summed E-state index contributed by atoms with van der Waals surface area (Å²) < 4.78 is 10.3. The van der Waals surface area contributed by atoms with Crippen molar-refractivity contribution < 1.29 is 19.1 Å². The Labute approximate surface area is 153 Å². The van der Waals surface area contributed by atoms with E-state index in [4.69, 9.17) is 9.47 Å². The van der Waals surface area contributed by atoms with E-state index in [1.807, 2.05) is 6.92 Å². The van der Waals surface area contributed by atoms with E-state index < -0.39 is 23.8 Å². The number of carbonyl (C=O) groups excluding carboxylic acids is 2. The molecule has 0 saturated heterocycles. The summed E-state index contributed by atoms with van der Waals surface area (Å²) in [5, 5.41) is 9.50. The Morgan fingerprint density at radius 3 is 2.58 bits per heavy atom. The van der Waals surface area contributed by atoms with Crippen LogP contribution in [0.1, 0.15) is 44.2 Å². The first-order valence-corrected chi connectivity index (χ1v) is 8.46. The zero-order valence-corrected chi connectivity index (χ0v) is 15.4. The zero-order chi connectivity index (χ0) is 19.3. The van der Waals surface area contributed by atoms with Gasteiger partial charge in [0.15, 0.2) is 0 Å². The number of nitriles is 1. The highest BCUT2D eigenvalue weighted by atomic mass is 16.5. The lowest BCUT2D eigenvalue weighted by molar-refractivity contribution is -0.144. The number of aliphatic imine (C=N–C) groups is 1. The molecule has 1 heterocycles. The number of rotatable bonds is 5. The summed E-state index contributed by atoms with van der Waals surface area (Å²) in [6.45, 7) is 5.61. The second-order valence-corrected chi connectivity index (χ2v) is 6.07. The molecule has 6 heteroatoms. The van der Waals surface area contributed by atoms with Crippen molar-refractivity contribution in [2.45, 2.75) is 33.1 Å². The van der Waals surface area contributed by atoms with Crippen LogP contribution in [0, 0.1) is 17.2 Å². The Morgan fingerprint density at radius 2 is 1.96 bits per heavy atom.